The zero-order valence-electron chi connectivity index (χ0n) is 8.57. The molecule has 0 aromatic rings. The van der Waals surface area contributed by atoms with E-state index in [-0.39, 0.29) is 0 Å². The summed E-state index contributed by atoms with van der Waals surface area (Å²) in [7, 11) is 0. The summed E-state index contributed by atoms with van der Waals surface area (Å²) in [5.74, 6) is 2.47. The summed E-state index contributed by atoms with van der Waals surface area (Å²) in [5.41, 5.74) is 0.400. The minimum atomic E-state index is 0.400. The van der Waals surface area contributed by atoms with E-state index in [9.17, 15) is 0 Å². The van der Waals surface area contributed by atoms with E-state index in [0.29, 0.717) is 5.41 Å². The van der Waals surface area contributed by atoms with Crippen LogP contribution in [0.4, 0.5) is 0 Å². The van der Waals surface area contributed by atoms with Gasteiger partial charge in [-0.25, -0.2) is 0 Å². The molecule has 0 nitrogen and oxygen atoms in total. The molecule has 0 aromatic carbocycles. The highest BCUT2D eigenvalue weighted by atomic mass is 35.5. The summed E-state index contributed by atoms with van der Waals surface area (Å²) in [6.45, 7) is 6.95. The molecule has 1 aliphatic rings. The molecule has 0 aliphatic heterocycles. The molecule has 0 saturated heterocycles. The lowest BCUT2D eigenvalue weighted by atomic mass is 9.73. The van der Waals surface area contributed by atoms with Gasteiger partial charge >= 0.3 is 0 Å². The fourth-order valence-electron chi connectivity index (χ4n) is 2.42. The third kappa shape index (κ3) is 2.39. The van der Waals surface area contributed by atoms with E-state index in [2.05, 4.69) is 20.8 Å². The van der Waals surface area contributed by atoms with Gasteiger partial charge < -0.3 is 0 Å². The van der Waals surface area contributed by atoms with Gasteiger partial charge in [0.2, 0.25) is 0 Å². The molecule has 0 radical (unpaired) electrons. The van der Waals surface area contributed by atoms with Crippen molar-refractivity contribution in [2.75, 3.05) is 5.88 Å². The van der Waals surface area contributed by atoms with Gasteiger partial charge in [-0.15, -0.1) is 11.6 Å². The Bertz CT molecular complexity index is 128. The molecule has 12 heavy (non-hydrogen) atoms. The Morgan fingerprint density at radius 3 is 2.08 bits per heavy atom. The molecular formula is C11H21Cl. The smallest absolute Gasteiger partial charge is 0.0259 e. The van der Waals surface area contributed by atoms with E-state index in [0.717, 1.165) is 17.7 Å². The molecule has 0 N–H and O–H groups in total. The van der Waals surface area contributed by atoms with Crippen molar-refractivity contribution in [2.45, 2.75) is 46.5 Å². The minimum absolute atomic E-state index is 0.400. The largest absolute Gasteiger partial charge is 0.126 e. The van der Waals surface area contributed by atoms with Gasteiger partial charge in [-0.05, 0) is 17.3 Å². The average molecular weight is 189 g/mol. The van der Waals surface area contributed by atoms with Gasteiger partial charge in [0.15, 0.2) is 0 Å². The van der Waals surface area contributed by atoms with Crippen LogP contribution in [0.3, 0.4) is 0 Å². The monoisotopic (exact) mass is 188 g/mol. The fourth-order valence-corrected chi connectivity index (χ4v) is 3.14. The van der Waals surface area contributed by atoms with E-state index in [4.69, 9.17) is 11.6 Å². The molecular weight excluding hydrogens is 168 g/mol. The van der Waals surface area contributed by atoms with Crippen molar-refractivity contribution >= 4 is 11.6 Å². The highest BCUT2D eigenvalue weighted by Crippen LogP contribution is 2.41. The Labute approximate surface area is 81.7 Å². The van der Waals surface area contributed by atoms with Crippen LogP contribution >= 0.6 is 11.6 Å². The summed E-state index contributed by atoms with van der Waals surface area (Å²) in [4.78, 5) is 0. The SMILES string of the molecule is CC(C)(C)C(CCl)C1CCCC1. The molecule has 0 heterocycles. The van der Waals surface area contributed by atoms with Crippen molar-refractivity contribution in [3.8, 4) is 0 Å². The Morgan fingerprint density at radius 1 is 1.25 bits per heavy atom. The standard InChI is InChI=1S/C11H21Cl/c1-11(2,3)10(8-12)9-6-4-5-7-9/h9-10H,4-8H2,1-3H3. The molecule has 1 heteroatoms. The van der Waals surface area contributed by atoms with E-state index in [1.54, 1.807) is 0 Å². The minimum Gasteiger partial charge on any atom is -0.126 e. The third-order valence-electron chi connectivity index (χ3n) is 3.25. The van der Waals surface area contributed by atoms with Crippen LogP contribution in [0.1, 0.15) is 46.5 Å². The summed E-state index contributed by atoms with van der Waals surface area (Å²) in [5, 5.41) is 0. The van der Waals surface area contributed by atoms with Crippen molar-refractivity contribution in [3.05, 3.63) is 0 Å². The molecule has 1 atom stereocenters. The molecule has 0 aromatic heterocycles. The highest BCUT2D eigenvalue weighted by molar-refractivity contribution is 6.18. The molecule has 1 aliphatic carbocycles. The molecule has 1 unspecified atom stereocenters. The molecule has 0 bridgehead atoms. The molecule has 1 fully saturated rings. The van der Waals surface area contributed by atoms with Crippen LogP contribution in [-0.4, -0.2) is 5.88 Å². The predicted molar refractivity (Wildman–Crippen MR) is 55.6 cm³/mol. The topological polar surface area (TPSA) is 0 Å². The first kappa shape index (κ1) is 10.4. The first-order valence-electron chi connectivity index (χ1n) is 5.11. The van der Waals surface area contributed by atoms with Crippen molar-refractivity contribution in [3.63, 3.8) is 0 Å². The van der Waals surface area contributed by atoms with E-state index < -0.39 is 0 Å². The Morgan fingerprint density at radius 2 is 1.75 bits per heavy atom. The van der Waals surface area contributed by atoms with Gasteiger partial charge in [-0.1, -0.05) is 46.5 Å². The van der Waals surface area contributed by atoms with Crippen molar-refractivity contribution < 1.29 is 0 Å². The van der Waals surface area contributed by atoms with Gasteiger partial charge in [-0.2, -0.15) is 0 Å². The lowest BCUT2D eigenvalue weighted by Crippen LogP contribution is -2.28. The summed E-state index contributed by atoms with van der Waals surface area (Å²) in [6.07, 6.45) is 5.67. The Balaban J connectivity index is 2.54. The van der Waals surface area contributed by atoms with Crippen LogP contribution in [0.5, 0.6) is 0 Å². The summed E-state index contributed by atoms with van der Waals surface area (Å²) < 4.78 is 0. The molecule has 0 spiro atoms. The molecule has 72 valence electrons. The second kappa shape index (κ2) is 4.00. The van der Waals surface area contributed by atoms with Crippen molar-refractivity contribution in [2.24, 2.45) is 17.3 Å². The molecule has 1 rings (SSSR count). The van der Waals surface area contributed by atoms with Gasteiger partial charge in [0.1, 0.15) is 0 Å². The number of hydrogen-bond acceptors (Lipinski definition) is 0. The number of alkyl halides is 1. The van der Waals surface area contributed by atoms with Gasteiger partial charge in [0.25, 0.3) is 0 Å². The third-order valence-corrected chi connectivity index (χ3v) is 3.58. The summed E-state index contributed by atoms with van der Waals surface area (Å²) in [6, 6.07) is 0. The van der Waals surface area contributed by atoms with Crippen LogP contribution in [0.2, 0.25) is 0 Å². The lowest BCUT2D eigenvalue weighted by molar-refractivity contribution is 0.183. The zero-order valence-corrected chi connectivity index (χ0v) is 9.32. The molecule has 0 amide bonds. The Hall–Kier alpha value is 0.290. The van der Waals surface area contributed by atoms with E-state index in [1.165, 1.54) is 25.7 Å². The van der Waals surface area contributed by atoms with Crippen molar-refractivity contribution in [1.82, 2.24) is 0 Å². The van der Waals surface area contributed by atoms with Crippen LogP contribution < -0.4 is 0 Å². The first-order valence-corrected chi connectivity index (χ1v) is 5.65. The molecule has 1 saturated carbocycles. The Kier molecular flexibility index (Phi) is 3.46. The maximum Gasteiger partial charge on any atom is 0.0259 e. The van der Waals surface area contributed by atoms with E-state index >= 15 is 0 Å². The van der Waals surface area contributed by atoms with Crippen molar-refractivity contribution in [1.29, 1.82) is 0 Å². The quantitative estimate of drug-likeness (QED) is 0.573. The fraction of sp³-hybridized carbons (Fsp3) is 1.00. The van der Waals surface area contributed by atoms with Crippen LogP contribution in [0.15, 0.2) is 0 Å². The highest BCUT2D eigenvalue weighted by Gasteiger charge is 2.32. The van der Waals surface area contributed by atoms with Crippen LogP contribution in [0.25, 0.3) is 0 Å². The van der Waals surface area contributed by atoms with Gasteiger partial charge in [0.05, 0.1) is 0 Å². The number of rotatable bonds is 2. The van der Waals surface area contributed by atoms with Gasteiger partial charge in [0, 0.05) is 5.88 Å². The van der Waals surface area contributed by atoms with Crippen LogP contribution in [0, 0.1) is 17.3 Å². The predicted octanol–water partition coefficient (Wildman–Crippen LogP) is 4.08. The second-order valence-corrected chi connectivity index (χ2v) is 5.48. The lowest BCUT2D eigenvalue weighted by Gasteiger charge is -2.33. The second-order valence-electron chi connectivity index (χ2n) is 5.17. The average Bonchev–Trinajstić information content (AvgIpc) is 2.38. The van der Waals surface area contributed by atoms with Gasteiger partial charge in [-0.3, -0.25) is 0 Å². The zero-order chi connectivity index (χ0) is 9.19. The normalized spacial score (nSPS) is 23.0. The summed E-state index contributed by atoms with van der Waals surface area (Å²) >= 11 is 6.03. The number of hydrogen-bond donors (Lipinski definition) is 0. The maximum atomic E-state index is 6.03. The van der Waals surface area contributed by atoms with E-state index in [1.807, 2.05) is 0 Å². The van der Waals surface area contributed by atoms with Crippen LogP contribution in [-0.2, 0) is 0 Å². The maximum absolute atomic E-state index is 6.03. The first-order chi connectivity index (χ1) is 5.55. The number of halogens is 1.